The van der Waals surface area contributed by atoms with E-state index >= 15 is 0 Å². The Morgan fingerprint density at radius 2 is 0.820 bits per heavy atom. The minimum absolute atomic E-state index is 0.249. The van der Waals surface area contributed by atoms with Crippen molar-refractivity contribution in [3.63, 3.8) is 0 Å². The van der Waals surface area contributed by atoms with Crippen LogP contribution in [0.15, 0.2) is 251 Å². The SMILES string of the molecule is CCCCCCc1cc2c(o1)-c1oc(CCCCCC)cc1C21c2ccccc2N(c2cccc(N(c3ccc(-c4ccccc4)cc3)c3ccc4c(c3)C3(c5ccccc5-c5ccccc53)c3ccccc3-4)c2)c2cc3c(cc21)-c1ccccc1C3(C)C. The normalized spacial score (nSPS) is 14.8. The molecule has 0 atom stereocenters. The molecule has 2 spiro atoms. The molecule has 4 nitrogen and oxygen atoms in total. The van der Waals surface area contributed by atoms with E-state index in [-0.39, 0.29) is 5.41 Å². The van der Waals surface area contributed by atoms with Gasteiger partial charge in [0.05, 0.1) is 22.2 Å². The summed E-state index contributed by atoms with van der Waals surface area (Å²) in [4.78, 5) is 5.09. The Balaban J connectivity index is 0.887. The zero-order valence-electron chi connectivity index (χ0n) is 51.4. The van der Waals surface area contributed by atoms with Crippen molar-refractivity contribution in [1.82, 2.24) is 0 Å². The third kappa shape index (κ3) is 7.78. The second-order valence-electron chi connectivity index (χ2n) is 26.1. The predicted molar refractivity (Wildman–Crippen MR) is 366 cm³/mol. The van der Waals surface area contributed by atoms with Crippen molar-refractivity contribution in [3.05, 3.63) is 310 Å². The highest BCUT2D eigenvalue weighted by Gasteiger charge is 2.57. The van der Waals surface area contributed by atoms with Crippen molar-refractivity contribution in [2.75, 3.05) is 9.80 Å². The Morgan fingerprint density at radius 3 is 1.43 bits per heavy atom. The van der Waals surface area contributed by atoms with Gasteiger partial charge in [0.1, 0.15) is 11.5 Å². The quantitative estimate of drug-likeness (QED) is 0.0958. The number of rotatable bonds is 15. The first-order valence-electron chi connectivity index (χ1n) is 32.8. The number of anilines is 6. The minimum atomic E-state index is -0.723. The topological polar surface area (TPSA) is 32.8 Å². The number of benzene rings is 10. The van der Waals surface area contributed by atoms with Gasteiger partial charge in [-0.3, -0.25) is 0 Å². The first-order chi connectivity index (χ1) is 43.8. The van der Waals surface area contributed by atoms with Gasteiger partial charge in [0, 0.05) is 52.1 Å². The number of unbranched alkanes of at least 4 members (excludes halogenated alkanes) is 6. The summed E-state index contributed by atoms with van der Waals surface area (Å²) >= 11 is 0. The maximum absolute atomic E-state index is 7.20. The van der Waals surface area contributed by atoms with Gasteiger partial charge in [0.25, 0.3) is 0 Å². The van der Waals surface area contributed by atoms with Crippen LogP contribution in [0.5, 0.6) is 0 Å². The van der Waals surface area contributed by atoms with E-state index in [1.807, 2.05) is 0 Å². The summed E-state index contributed by atoms with van der Waals surface area (Å²) < 4.78 is 14.4. The fourth-order valence-electron chi connectivity index (χ4n) is 16.8. The molecular weight excluding hydrogens is 1080 g/mol. The van der Waals surface area contributed by atoms with Gasteiger partial charge in [-0.15, -0.1) is 0 Å². The number of nitrogens with zero attached hydrogens (tertiary/aromatic N) is 2. The average molecular weight is 1150 g/mol. The van der Waals surface area contributed by atoms with E-state index in [1.165, 1.54) is 144 Å². The van der Waals surface area contributed by atoms with Gasteiger partial charge in [0.2, 0.25) is 0 Å². The molecule has 0 radical (unpaired) electrons. The largest absolute Gasteiger partial charge is 0.457 e. The highest BCUT2D eigenvalue weighted by atomic mass is 16.4. The number of para-hydroxylation sites is 1. The fraction of sp³-hybridized carbons (Fsp3) is 0.200. The Hall–Kier alpha value is -9.64. The molecule has 5 aliphatic rings. The van der Waals surface area contributed by atoms with Gasteiger partial charge >= 0.3 is 0 Å². The molecule has 0 bridgehead atoms. The molecule has 89 heavy (non-hydrogen) atoms. The van der Waals surface area contributed by atoms with Crippen LogP contribution in [0.3, 0.4) is 0 Å². The lowest BCUT2D eigenvalue weighted by Gasteiger charge is -2.45. The van der Waals surface area contributed by atoms with E-state index in [1.54, 1.807) is 0 Å². The highest BCUT2D eigenvalue weighted by molar-refractivity contribution is 6.00. The molecule has 434 valence electrons. The number of fused-ring (bicyclic) bond motifs is 22. The standard InChI is InChI=1S/C85H72N2O2/c1-5-7-9-14-31-61-51-77-81(88-61)82-78(52-62(89-82)32-15-10-8-6-2)85(77)73-41-24-25-42-79(73)87(80-54-74-68(53-76(80)85)66-36-16-20-37-69(66)83(74,3)4)59-30-26-29-58(49-59)86(57-45-43-56(44-46-57)55-27-12-11-13-28-55)60-47-48-67-65-35-19-23-40-72(65)84(75(67)50-60)70-38-21-17-33-63(70)64-34-18-22-39-71(64)84/h11-13,16-30,33-54H,5-10,14-15,31-32H2,1-4H3. The average Bonchev–Trinajstić information content (AvgIpc) is 1.56. The fourth-order valence-corrected chi connectivity index (χ4v) is 16.8. The monoisotopic (exact) mass is 1150 g/mol. The third-order valence-electron chi connectivity index (χ3n) is 20.8. The smallest absolute Gasteiger partial charge is 0.174 e. The second-order valence-corrected chi connectivity index (χ2v) is 26.1. The highest BCUT2D eigenvalue weighted by Crippen LogP contribution is 2.68. The zero-order valence-corrected chi connectivity index (χ0v) is 51.4. The van der Waals surface area contributed by atoms with Gasteiger partial charge in [0.15, 0.2) is 11.5 Å². The second kappa shape index (κ2) is 20.7. The molecule has 12 aromatic rings. The molecule has 0 amide bonds. The van der Waals surface area contributed by atoms with E-state index in [4.69, 9.17) is 8.83 Å². The summed E-state index contributed by atoms with van der Waals surface area (Å²) in [5.74, 6) is 3.86. The van der Waals surface area contributed by atoms with Crippen molar-refractivity contribution in [2.45, 2.75) is 108 Å². The number of hydrogen-bond acceptors (Lipinski definition) is 4. The summed E-state index contributed by atoms with van der Waals surface area (Å²) in [6.07, 6.45) is 11.2. The van der Waals surface area contributed by atoms with Gasteiger partial charge in [-0.05, 0) is 175 Å². The Kier molecular flexibility index (Phi) is 12.5. The third-order valence-corrected chi connectivity index (χ3v) is 20.8. The molecule has 2 aromatic heterocycles. The van der Waals surface area contributed by atoms with Gasteiger partial charge in [-0.1, -0.05) is 236 Å². The molecule has 1 aliphatic heterocycles. The van der Waals surface area contributed by atoms with Crippen molar-refractivity contribution < 1.29 is 8.83 Å². The van der Waals surface area contributed by atoms with Gasteiger partial charge < -0.3 is 18.6 Å². The molecule has 0 N–H and O–H groups in total. The van der Waals surface area contributed by atoms with Crippen LogP contribution in [-0.4, -0.2) is 0 Å². The van der Waals surface area contributed by atoms with Crippen LogP contribution in [-0.2, 0) is 29.1 Å². The van der Waals surface area contributed by atoms with Crippen LogP contribution in [0.1, 0.15) is 146 Å². The maximum atomic E-state index is 7.20. The van der Waals surface area contributed by atoms with E-state index < -0.39 is 10.8 Å². The minimum Gasteiger partial charge on any atom is -0.457 e. The molecular formula is C85H72N2O2. The Bertz CT molecular complexity index is 4640. The van der Waals surface area contributed by atoms with Crippen molar-refractivity contribution in [1.29, 1.82) is 0 Å². The number of furan rings is 2. The summed E-state index contributed by atoms with van der Waals surface area (Å²) in [5, 5.41) is 0. The van der Waals surface area contributed by atoms with Crippen LogP contribution >= 0.6 is 0 Å². The lowest BCUT2D eigenvalue weighted by molar-refractivity contribution is 0.463. The lowest BCUT2D eigenvalue weighted by Crippen LogP contribution is -2.36. The molecule has 0 saturated carbocycles. The molecule has 0 saturated heterocycles. The molecule has 3 heterocycles. The van der Waals surface area contributed by atoms with Gasteiger partial charge in [-0.25, -0.2) is 0 Å². The van der Waals surface area contributed by atoms with E-state index in [0.717, 1.165) is 77.2 Å². The number of hydrogen-bond donors (Lipinski definition) is 0. The van der Waals surface area contributed by atoms with Crippen molar-refractivity contribution in [2.24, 2.45) is 0 Å². The molecule has 17 rings (SSSR count). The summed E-state index contributed by atoms with van der Waals surface area (Å²) in [6, 6.07) is 92.3. The van der Waals surface area contributed by atoms with E-state index in [0.29, 0.717) is 0 Å². The summed E-state index contributed by atoms with van der Waals surface area (Å²) in [7, 11) is 0. The molecule has 10 aromatic carbocycles. The molecule has 4 heteroatoms. The summed E-state index contributed by atoms with van der Waals surface area (Å²) in [6.45, 7) is 9.40. The predicted octanol–water partition coefficient (Wildman–Crippen LogP) is 23.1. The Morgan fingerprint density at radius 1 is 0.326 bits per heavy atom. The van der Waals surface area contributed by atoms with Crippen LogP contribution in [0.25, 0.3) is 56.0 Å². The Labute approximate surface area is 523 Å². The number of aryl methyl sites for hydroxylation is 2. The lowest BCUT2D eigenvalue weighted by atomic mass is 9.64. The van der Waals surface area contributed by atoms with E-state index in [9.17, 15) is 0 Å². The van der Waals surface area contributed by atoms with Crippen molar-refractivity contribution >= 4 is 34.1 Å². The van der Waals surface area contributed by atoms with Gasteiger partial charge in [-0.2, -0.15) is 0 Å². The van der Waals surface area contributed by atoms with Crippen molar-refractivity contribution in [3.8, 4) is 56.0 Å². The van der Waals surface area contributed by atoms with Crippen LogP contribution in [0, 0.1) is 0 Å². The van der Waals surface area contributed by atoms with Crippen LogP contribution in [0.2, 0.25) is 0 Å². The first-order valence-corrected chi connectivity index (χ1v) is 32.8. The molecule has 4 aliphatic carbocycles. The van der Waals surface area contributed by atoms with Crippen LogP contribution in [0.4, 0.5) is 34.1 Å². The maximum Gasteiger partial charge on any atom is 0.174 e. The van der Waals surface area contributed by atoms with E-state index in [2.05, 4.69) is 280 Å². The molecule has 0 fully saturated rings. The summed E-state index contributed by atoms with van der Waals surface area (Å²) in [5.41, 5.74) is 28.2. The van der Waals surface area contributed by atoms with Crippen LogP contribution < -0.4 is 9.80 Å². The molecule has 0 unspecified atom stereocenters. The zero-order chi connectivity index (χ0) is 59.6. The first kappa shape index (κ1) is 53.6.